The van der Waals surface area contributed by atoms with Gasteiger partial charge < -0.3 is 10.4 Å². The van der Waals surface area contributed by atoms with E-state index in [2.05, 4.69) is 15.3 Å². The third-order valence-electron chi connectivity index (χ3n) is 2.98. The number of aromatic nitrogens is 2. The summed E-state index contributed by atoms with van der Waals surface area (Å²) in [6.45, 7) is 0. The van der Waals surface area contributed by atoms with Crippen LogP contribution in [0.4, 0.5) is 5.69 Å². The molecule has 2 unspecified atom stereocenters. The summed E-state index contributed by atoms with van der Waals surface area (Å²) in [6, 6.07) is 0. The standard InChI is InChI=1S/C11H13N3O3/c15-10(14-9-4-12-6-13-5-9)7-1-2-8(3-7)11(16)17/h4-8H,1-3H2,(H,14,15)(H,16,17). The first-order valence-electron chi connectivity index (χ1n) is 5.45. The number of carboxylic acids is 1. The molecule has 1 aromatic heterocycles. The van der Waals surface area contributed by atoms with Gasteiger partial charge in [-0.3, -0.25) is 9.59 Å². The maximum absolute atomic E-state index is 11.8. The second-order valence-electron chi connectivity index (χ2n) is 4.16. The lowest BCUT2D eigenvalue weighted by Gasteiger charge is -2.09. The molecule has 0 spiro atoms. The number of hydrogen-bond acceptors (Lipinski definition) is 4. The average Bonchev–Trinajstić information content (AvgIpc) is 2.79. The van der Waals surface area contributed by atoms with Gasteiger partial charge in [-0.05, 0) is 19.3 Å². The number of anilines is 1. The van der Waals surface area contributed by atoms with Gasteiger partial charge in [0, 0.05) is 5.92 Å². The van der Waals surface area contributed by atoms with Crippen LogP contribution < -0.4 is 5.32 Å². The minimum atomic E-state index is -0.816. The first-order chi connectivity index (χ1) is 8.16. The van der Waals surface area contributed by atoms with Crippen LogP contribution in [0.5, 0.6) is 0 Å². The summed E-state index contributed by atoms with van der Waals surface area (Å²) in [5.41, 5.74) is 0.538. The van der Waals surface area contributed by atoms with Crippen LogP contribution in [0.15, 0.2) is 18.7 Å². The Morgan fingerprint density at radius 1 is 1.24 bits per heavy atom. The molecule has 90 valence electrons. The molecule has 2 N–H and O–H groups in total. The highest BCUT2D eigenvalue weighted by Gasteiger charge is 2.33. The summed E-state index contributed by atoms with van der Waals surface area (Å²) in [6.07, 6.45) is 6.00. The lowest BCUT2D eigenvalue weighted by Crippen LogP contribution is -2.21. The molecule has 1 aliphatic carbocycles. The van der Waals surface area contributed by atoms with E-state index < -0.39 is 11.9 Å². The van der Waals surface area contributed by atoms with Gasteiger partial charge in [0.15, 0.2) is 0 Å². The lowest BCUT2D eigenvalue weighted by atomic mass is 10.0. The Labute approximate surface area is 98.1 Å². The van der Waals surface area contributed by atoms with Crippen molar-refractivity contribution in [3.63, 3.8) is 0 Å². The van der Waals surface area contributed by atoms with Crippen molar-refractivity contribution in [1.82, 2.24) is 9.97 Å². The summed E-state index contributed by atoms with van der Waals surface area (Å²) >= 11 is 0. The molecule has 1 amide bonds. The van der Waals surface area contributed by atoms with Gasteiger partial charge >= 0.3 is 5.97 Å². The van der Waals surface area contributed by atoms with Gasteiger partial charge in [0.2, 0.25) is 5.91 Å². The van der Waals surface area contributed by atoms with E-state index in [1.165, 1.54) is 18.7 Å². The van der Waals surface area contributed by atoms with E-state index in [9.17, 15) is 9.59 Å². The van der Waals surface area contributed by atoms with Crippen molar-refractivity contribution in [2.24, 2.45) is 11.8 Å². The molecule has 2 rings (SSSR count). The van der Waals surface area contributed by atoms with Gasteiger partial charge in [0.1, 0.15) is 6.33 Å². The Kier molecular flexibility index (Phi) is 3.32. The molecule has 0 bridgehead atoms. The Hall–Kier alpha value is -1.98. The number of carbonyl (C=O) groups is 2. The fourth-order valence-corrected chi connectivity index (χ4v) is 2.05. The SMILES string of the molecule is O=C(O)C1CCC(C(=O)Nc2cncnc2)C1. The molecule has 1 aliphatic rings. The van der Waals surface area contributed by atoms with Gasteiger partial charge in [-0.15, -0.1) is 0 Å². The van der Waals surface area contributed by atoms with E-state index in [4.69, 9.17) is 5.11 Å². The molecule has 0 aliphatic heterocycles. The molecule has 0 saturated heterocycles. The van der Waals surface area contributed by atoms with Gasteiger partial charge in [-0.25, -0.2) is 9.97 Å². The molecule has 1 heterocycles. The number of nitrogens with one attached hydrogen (secondary N) is 1. The maximum atomic E-state index is 11.8. The third-order valence-corrected chi connectivity index (χ3v) is 2.98. The first kappa shape index (κ1) is 11.5. The Bertz CT molecular complexity index is 421. The fourth-order valence-electron chi connectivity index (χ4n) is 2.05. The molecule has 2 atom stereocenters. The van der Waals surface area contributed by atoms with Gasteiger partial charge in [0.25, 0.3) is 0 Å². The van der Waals surface area contributed by atoms with Crippen LogP contribution >= 0.6 is 0 Å². The molecule has 6 heteroatoms. The number of amides is 1. The summed E-state index contributed by atoms with van der Waals surface area (Å²) in [4.78, 5) is 30.2. The van der Waals surface area contributed by atoms with Crippen molar-refractivity contribution in [1.29, 1.82) is 0 Å². The second-order valence-corrected chi connectivity index (χ2v) is 4.16. The average molecular weight is 235 g/mol. The Morgan fingerprint density at radius 2 is 1.88 bits per heavy atom. The maximum Gasteiger partial charge on any atom is 0.306 e. The van der Waals surface area contributed by atoms with Crippen molar-refractivity contribution >= 4 is 17.6 Å². The quantitative estimate of drug-likeness (QED) is 0.812. The van der Waals surface area contributed by atoms with E-state index in [0.717, 1.165) is 0 Å². The summed E-state index contributed by atoms with van der Waals surface area (Å²) < 4.78 is 0. The zero-order valence-electron chi connectivity index (χ0n) is 9.17. The van der Waals surface area contributed by atoms with Crippen LogP contribution in [-0.2, 0) is 9.59 Å². The molecule has 1 saturated carbocycles. The van der Waals surface area contributed by atoms with Crippen LogP contribution in [0.25, 0.3) is 0 Å². The summed E-state index contributed by atoms with van der Waals surface area (Å²) in [5, 5.41) is 11.5. The Balaban J connectivity index is 1.92. The molecule has 1 aromatic rings. The van der Waals surface area contributed by atoms with Crippen LogP contribution in [0, 0.1) is 11.8 Å². The highest BCUT2D eigenvalue weighted by molar-refractivity contribution is 5.92. The van der Waals surface area contributed by atoms with E-state index in [1.54, 1.807) is 0 Å². The third kappa shape index (κ3) is 2.77. The fraction of sp³-hybridized carbons (Fsp3) is 0.455. The molecule has 0 aromatic carbocycles. The van der Waals surface area contributed by atoms with Crippen molar-refractivity contribution in [3.8, 4) is 0 Å². The molecular formula is C11H13N3O3. The number of carbonyl (C=O) groups excluding carboxylic acids is 1. The number of nitrogens with zero attached hydrogens (tertiary/aromatic N) is 2. The zero-order valence-corrected chi connectivity index (χ0v) is 9.17. The summed E-state index contributed by atoms with van der Waals surface area (Å²) in [7, 11) is 0. The molecule has 17 heavy (non-hydrogen) atoms. The number of carboxylic acid groups (broad SMARTS) is 1. The zero-order chi connectivity index (χ0) is 12.3. The molecule has 0 radical (unpaired) electrons. The molecule has 1 fully saturated rings. The van der Waals surface area contributed by atoms with Crippen LogP contribution in [0.3, 0.4) is 0 Å². The number of rotatable bonds is 3. The lowest BCUT2D eigenvalue weighted by molar-refractivity contribution is -0.141. The van der Waals surface area contributed by atoms with Crippen molar-refractivity contribution in [2.75, 3.05) is 5.32 Å². The van der Waals surface area contributed by atoms with Crippen molar-refractivity contribution < 1.29 is 14.7 Å². The topological polar surface area (TPSA) is 92.2 Å². The molecule has 6 nitrogen and oxygen atoms in total. The van der Waals surface area contributed by atoms with E-state index >= 15 is 0 Å². The van der Waals surface area contributed by atoms with E-state index in [-0.39, 0.29) is 11.8 Å². The number of hydrogen-bond donors (Lipinski definition) is 2. The largest absolute Gasteiger partial charge is 0.481 e. The minimum absolute atomic E-state index is 0.149. The highest BCUT2D eigenvalue weighted by Crippen LogP contribution is 2.31. The predicted octanol–water partition coefficient (Wildman–Crippen LogP) is 0.916. The van der Waals surface area contributed by atoms with Crippen molar-refractivity contribution in [3.05, 3.63) is 18.7 Å². The van der Waals surface area contributed by atoms with E-state index in [0.29, 0.717) is 24.9 Å². The predicted molar refractivity (Wildman–Crippen MR) is 59.1 cm³/mol. The van der Waals surface area contributed by atoms with Crippen LogP contribution in [0.1, 0.15) is 19.3 Å². The minimum Gasteiger partial charge on any atom is -0.481 e. The van der Waals surface area contributed by atoms with Crippen LogP contribution in [-0.4, -0.2) is 27.0 Å². The van der Waals surface area contributed by atoms with Gasteiger partial charge in [-0.1, -0.05) is 0 Å². The van der Waals surface area contributed by atoms with E-state index in [1.807, 2.05) is 0 Å². The van der Waals surface area contributed by atoms with Gasteiger partial charge in [-0.2, -0.15) is 0 Å². The second kappa shape index (κ2) is 4.90. The molecular weight excluding hydrogens is 222 g/mol. The normalized spacial score (nSPS) is 23.3. The monoisotopic (exact) mass is 235 g/mol. The first-order valence-corrected chi connectivity index (χ1v) is 5.45. The van der Waals surface area contributed by atoms with Gasteiger partial charge in [0.05, 0.1) is 24.0 Å². The Morgan fingerprint density at radius 3 is 2.47 bits per heavy atom. The van der Waals surface area contributed by atoms with Crippen LogP contribution in [0.2, 0.25) is 0 Å². The smallest absolute Gasteiger partial charge is 0.306 e. The van der Waals surface area contributed by atoms with Crippen molar-refractivity contribution in [2.45, 2.75) is 19.3 Å². The highest BCUT2D eigenvalue weighted by atomic mass is 16.4. The number of aliphatic carboxylic acids is 1. The summed E-state index contributed by atoms with van der Waals surface area (Å²) in [5.74, 6) is -1.58.